The molecule has 1 atom stereocenters. The van der Waals surface area contributed by atoms with Crippen molar-refractivity contribution in [3.05, 3.63) is 83.3 Å². The zero-order valence-electron chi connectivity index (χ0n) is 16.5. The molecule has 6 nitrogen and oxygen atoms in total. The fraction of sp³-hybridized carbons (Fsp3) is 0.136. The summed E-state index contributed by atoms with van der Waals surface area (Å²) in [5.74, 6) is 0.949. The lowest BCUT2D eigenvalue weighted by Gasteiger charge is -2.12. The van der Waals surface area contributed by atoms with E-state index < -0.39 is 22.8 Å². The normalized spacial score (nSPS) is 12.5. The molecule has 2 aromatic carbocycles. The zero-order chi connectivity index (χ0) is 22.7. The standard InChI is InChI=1S/C22H17ClF3N5O/c23-16-8-14(6-7-15(16)22(24,25)26)18-10-21(30-12-29-18)28-11-17(27)20-9-19(31-32-20)13-4-2-1-3-5-13/h1-10,12,17H,11,27H2,(H,28,29,30). The summed E-state index contributed by atoms with van der Waals surface area (Å²) in [5.41, 5.74) is 7.74. The highest BCUT2D eigenvalue weighted by atomic mass is 35.5. The van der Waals surface area contributed by atoms with Gasteiger partial charge < -0.3 is 15.6 Å². The summed E-state index contributed by atoms with van der Waals surface area (Å²) in [7, 11) is 0. The van der Waals surface area contributed by atoms with Gasteiger partial charge in [0.2, 0.25) is 0 Å². The van der Waals surface area contributed by atoms with Gasteiger partial charge in [-0.15, -0.1) is 0 Å². The topological polar surface area (TPSA) is 89.9 Å². The van der Waals surface area contributed by atoms with Crippen LogP contribution in [0.3, 0.4) is 0 Å². The van der Waals surface area contributed by atoms with E-state index in [4.69, 9.17) is 21.9 Å². The molecule has 4 aromatic rings. The first kappa shape index (κ1) is 21.8. The van der Waals surface area contributed by atoms with Gasteiger partial charge in [0, 0.05) is 29.8 Å². The van der Waals surface area contributed by atoms with Crippen LogP contribution in [0.25, 0.3) is 22.5 Å². The Balaban J connectivity index is 1.45. The van der Waals surface area contributed by atoms with Crippen molar-refractivity contribution in [1.82, 2.24) is 15.1 Å². The van der Waals surface area contributed by atoms with Gasteiger partial charge in [-0.3, -0.25) is 0 Å². The number of benzene rings is 2. The maximum Gasteiger partial charge on any atom is 0.417 e. The molecular weight excluding hydrogens is 443 g/mol. The Hall–Kier alpha value is -3.43. The molecule has 4 rings (SSSR count). The van der Waals surface area contributed by atoms with E-state index in [1.165, 1.54) is 18.5 Å². The average molecular weight is 460 g/mol. The minimum atomic E-state index is -4.52. The van der Waals surface area contributed by atoms with E-state index in [1.54, 1.807) is 12.1 Å². The molecular formula is C22H17ClF3N5O. The van der Waals surface area contributed by atoms with Gasteiger partial charge >= 0.3 is 6.18 Å². The van der Waals surface area contributed by atoms with E-state index in [0.29, 0.717) is 28.5 Å². The lowest BCUT2D eigenvalue weighted by Crippen LogP contribution is -2.20. The van der Waals surface area contributed by atoms with Gasteiger partial charge in [0.1, 0.15) is 17.8 Å². The van der Waals surface area contributed by atoms with Crippen molar-refractivity contribution in [3.8, 4) is 22.5 Å². The summed E-state index contributed by atoms with van der Waals surface area (Å²) in [6, 6.07) is 15.9. The Morgan fingerprint density at radius 3 is 2.47 bits per heavy atom. The highest BCUT2D eigenvalue weighted by molar-refractivity contribution is 6.31. The van der Waals surface area contributed by atoms with E-state index in [0.717, 1.165) is 11.6 Å². The largest absolute Gasteiger partial charge is 0.417 e. The third kappa shape index (κ3) is 4.90. The van der Waals surface area contributed by atoms with E-state index in [9.17, 15) is 13.2 Å². The lowest BCUT2D eigenvalue weighted by molar-refractivity contribution is -0.137. The van der Waals surface area contributed by atoms with Crippen LogP contribution in [-0.4, -0.2) is 21.7 Å². The summed E-state index contributed by atoms with van der Waals surface area (Å²) >= 11 is 5.81. The van der Waals surface area contributed by atoms with Crippen LogP contribution >= 0.6 is 11.6 Å². The van der Waals surface area contributed by atoms with E-state index >= 15 is 0 Å². The van der Waals surface area contributed by atoms with E-state index in [1.807, 2.05) is 30.3 Å². The molecule has 0 radical (unpaired) electrons. The van der Waals surface area contributed by atoms with Gasteiger partial charge in [0.15, 0.2) is 5.76 Å². The Morgan fingerprint density at radius 1 is 0.969 bits per heavy atom. The molecule has 0 aliphatic rings. The van der Waals surface area contributed by atoms with Crippen molar-refractivity contribution in [2.45, 2.75) is 12.2 Å². The monoisotopic (exact) mass is 459 g/mol. The molecule has 3 N–H and O–H groups in total. The Morgan fingerprint density at radius 2 is 1.75 bits per heavy atom. The van der Waals surface area contributed by atoms with Crippen LogP contribution in [-0.2, 0) is 6.18 Å². The summed E-state index contributed by atoms with van der Waals surface area (Å²) in [5, 5.41) is 6.72. The lowest BCUT2D eigenvalue weighted by atomic mass is 10.1. The number of nitrogens with two attached hydrogens (primary N) is 1. The molecule has 0 aliphatic heterocycles. The zero-order valence-corrected chi connectivity index (χ0v) is 17.2. The van der Waals surface area contributed by atoms with Crippen LogP contribution in [0.2, 0.25) is 5.02 Å². The average Bonchev–Trinajstić information content (AvgIpc) is 3.28. The van der Waals surface area contributed by atoms with Crippen molar-refractivity contribution in [2.24, 2.45) is 5.73 Å². The molecule has 1 unspecified atom stereocenters. The highest BCUT2D eigenvalue weighted by Crippen LogP contribution is 2.36. The molecule has 0 bridgehead atoms. The SMILES string of the molecule is NC(CNc1cc(-c2ccc(C(F)(F)F)c(Cl)c2)ncn1)c1cc(-c2ccccc2)no1. The fourth-order valence-corrected chi connectivity index (χ4v) is 3.33. The second kappa shape index (κ2) is 8.97. The number of nitrogens with zero attached hydrogens (tertiary/aromatic N) is 3. The molecule has 10 heteroatoms. The minimum Gasteiger partial charge on any atom is -0.368 e. The minimum absolute atomic E-state index is 0.285. The molecule has 0 amide bonds. The predicted octanol–water partition coefficient (Wildman–Crippen LogP) is 5.58. The molecule has 0 saturated carbocycles. The first-order valence-corrected chi connectivity index (χ1v) is 9.90. The fourth-order valence-electron chi connectivity index (χ4n) is 3.04. The van der Waals surface area contributed by atoms with Crippen LogP contribution in [0.5, 0.6) is 0 Å². The number of aromatic nitrogens is 3. The third-order valence-corrected chi connectivity index (χ3v) is 5.02. The number of hydrogen-bond acceptors (Lipinski definition) is 6. The molecule has 2 aromatic heterocycles. The van der Waals surface area contributed by atoms with Crippen LogP contribution in [0.1, 0.15) is 17.4 Å². The van der Waals surface area contributed by atoms with Crippen LogP contribution in [0, 0.1) is 0 Å². The van der Waals surface area contributed by atoms with Crippen molar-refractivity contribution in [3.63, 3.8) is 0 Å². The van der Waals surface area contributed by atoms with Gasteiger partial charge in [0.05, 0.1) is 22.3 Å². The first-order chi connectivity index (χ1) is 15.3. The van der Waals surface area contributed by atoms with Crippen molar-refractivity contribution < 1.29 is 17.7 Å². The van der Waals surface area contributed by atoms with Gasteiger partial charge in [-0.05, 0) is 12.1 Å². The molecule has 0 saturated heterocycles. The number of hydrogen-bond donors (Lipinski definition) is 2. The molecule has 32 heavy (non-hydrogen) atoms. The number of alkyl halides is 3. The summed E-state index contributed by atoms with van der Waals surface area (Å²) in [4.78, 5) is 8.24. The maximum absolute atomic E-state index is 12.9. The number of halogens is 4. The van der Waals surface area contributed by atoms with Gasteiger partial charge in [-0.2, -0.15) is 13.2 Å². The highest BCUT2D eigenvalue weighted by Gasteiger charge is 2.33. The first-order valence-electron chi connectivity index (χ1n) is 9.52. The molecule has 0 fully saturated rings. The van der Waals surface area contributed by atoms with E-state index in [2.05, 4.69) is 20.4 Å². The van der Waals surface area contributed by atoms with E-state index in [-0.39, 0.29) is 6.54 Å². The Bertz CT molecular complexity index is 1210. The van der Waals surface area contributed by atoms with Crippen molar-refractivity contribution in [1.29, 1.82) is 0 Å². The Kier molecular flexibility index (Phi) is 6.11. The summed E-state index contributed by atoms with van der Waals surface area (Å²) in [6.07, 6.45) is -3.22. The number of anilines is 1. The van der Waals surface area contributed by atoms with Crippen molar-refractivity contribution >= 4 is 17.4 Å². The predicted molar refractivity (Wildman–Crippen MR) is 115 cm³/mol. The quantitative estimate of drug-likeness (QED) is 0.391. The summed E-state index contributed by atoms with van der Waals surface area (Å²) in [6.45, 7) is 0.285. The maximum atomic E-state index is 12.9. The Labute approximate surface area is 186 Å². The second-order valence-corrected chi connectivity index (χ2v) is 7.36. The van der Waals surface area contributed by atoms with Gasteiger partial charge in [-0.25, -0.2) is 9.97 Å². The van der Waals surface area contributed by atoms with Crippen LogP contribution in [0.15, 0.2) is 71.5 Å². The van der Waals surface area contributed by atoms with Gasteiger partial charge in [-0.1, -0.05) is 53.2 Å². The van der Waals surface area contributed by atoms with Crippen molar-refractivity contribution in [2.75, 3.05) is 11.9 Å². The molecule has 0 aliphatic carbocycles. The second-order valence-electron chi connectivity index (χ2n) is 6.95. The number of nitrogens with one attached hydrogen (secondary N) is 1. The van der Waals surface area contributed by atoms with Crippen LogP contribution < -0.4 is 11.1 Å². The summed E-state index contributed by atoms with van der Waals surface area (Å²) < 4.78 is 44.1. The molecule has 0 spiro atoms. The van der Waals surface area contributed by atoms with Crippen LogP contribution in [0.4, 0.5) is 19.0 Å². The molecule has 164 valence electrons. The smallest absolute Gasteiger partial charge is 0.368 e. The van der Waals surface area contributed by atoms with Gasteiger partial charge in [0.25, 0.3) is 0 Å². The molecule has 2 heterocycles. The third-order valence-electron chi connectivity index (χ3n) is 4.70. The number of rotatable bonds is 6.